The van der Waals surface area contributed by atoms with Gasteiger partial charge in [-0.1, -0.05) is 24.3 Å². The first-order chi connectivity index (χ1) is 9.22. The van der Waals surface area contributed by atoms with Crippen LogP contribution in [0.1, 0.15) is 29.9 Å². The van der Waals surface area contributed by atoms with Crippen LogP contribution in [0.25, 0.3) is 0 Å². The Hall–Kier alpha value is -1.35. The van der Waals surface area contributed by atoms with E-state index in [2.05, 4.69) is 45.5 Å². The maximum atomic E-state index is 13.1. The summed E-state index contributed by atoms with van der Waals surface area (Å²) >= 11 is 3.20. The van der Waals surface area contributed by atoms with Crippen LogP contribution < -0.4 is 5.32 Å². The van der Waals surface area contributed by atoms with Gasteiger partial charge in [-0.3, -0.25) is 0 Å². The van der Waals surface area contributed by atoms with E-state index in [-0.39, 0.29) is 5.82 Å². The molecule has 2 aromatic rings. The molecule has 1 N–H and O–H groups in total. The van der Waals surface area contributed by atoms with Crippen LogP contribution in [-0.2, 0) is 6.54 Å². The summed E-state index contributed by atoms with van der Waals surface area (Å²) in [4.78, 5) is 0. The molecule has 0 spiro atoms. The van der Waals surface area contributed by atoms with Gasteiger partial charge >= 0.3 is 0 Å². The summed E-state index contributed by atoms with van der Waals surface area (Å²) in [5, 5.41) is 3.32. The van der Waals surface area contributed by atoms with Gasteiger partial charge in [0.2, 0.25) is 0 Å². The summed E-state index contributed by atoms with van der Waals surface area (Å²) in [5.74, 6) is 0.543. The lowest BCUT2D eigenvalue weighted by Gasteiger charge is -2.08. The number of nitrogens with one attached hydrogen (secondary N) is 1. The minimum atomic E-state index is -0.235. The first kappa shape index (κ1) is 12.7. The van der Waals surface area contributed by atoms with Crippen molar-refractivity contribution in [3.05, 3.63) is 63.9 Å². The van der Waals surface area contributed by atoms with E-state index < -0.39 is 0 Å². The third kappa shape index (κ3) is 3.16. The molecule has 19 heavy (non-hydrogen) atoms. The fourth-order valence-corrected chi connectivity index (χ4v) is 2.56. The lowest BCUT2D eigenvalue weighted by Crippen LogP contribution is -2.00. The predicted molar refractivity (Wildman–Crippen MR) is 79.8 cm³/mol. The number of halogens is 2. The summed E-state index contributed by atoms with van der Waals surface area (Å²) in [7, 11) is 0. The molecular formula is C16H15BrFN. The van der Waals surface area contributed by atoms with Crippen molar-refractivity contribution < 1.29 is 4.39 Å². The molecule has 3 rings (SSSR count). The van der Waals surface area contributed by atoms with Gasteiger partial charge in [0.15, 0.2) is 0 Å². The highest BCUT2D eigenvalue weighted by atomic mass is 79.9. The molecule has 0 amide bonds. The Balaban J connectivity index is 1.68. The highest BCUT2D eigenvalue weighted by Crippen LogP contribution is 2.40. The molecule has 2 aromatic carbocycles. The largest absolute Gasteiger partial charge is 0.381 e. The molecule has 1 saturated carbocycles. The zero-order valence-electron chi connectivity index (χ0n) is 10.5. The van der Waals surface area contributed by atoms with Crippen LogP contribution in [0.15, 0.2) is 46.9 Å². The Morgan fingerprint density at radius 1 is 1.16 bits per heavy atom. The zero-order chi connectivity index (χ0) is 13.2. The Labute approximate surface area is 121 Å². The summed E-state index contributed by atoms with van der Waals surface area (Å²) in [6, 6.07) is 13.7. The quantitative estimate of drug-likeness (QED) is 0.828. The fourth-order valence-electron chi connectivity index (χ4n) is 2.18. The molecule has 98 valence electrons. The van der Waals surface area contributed by atoms with E-state index >= 15 is 0 Å². The van der Waals surface area contributed by atoms with Crippen LogP contribution in [0.2, 0.25) is 0 Å². The minimum absolute atomic E-state index is 0.235. The van der Waals surface area contributed by atoms with Crippen molar-refractivity contribution in [3.63, 3.8) is 0 Å². The lowest BCUT2D eigenvalue weighted by atomic mass is 10.1. The van der Waals surface area contributed by atoms with E-state index in [0.29, 0.717) is 4.47 Å². The monoisotopic (exact) mass is 319 g/mol. The second kappa shape index (κ2) is 5.33. The van der Waals surface area contributed by atoms with Crippen LogP contribution in [0, 0.1) is 5.82 Å². The van der Waals surface area contributed by atoms with Gasteiger partial charge in [-0.15, -0.1) is 0 Å². The van der Waals surface area contributed by atoms with E-state index in [1.807, 2.05) is 0 Å². The molecule has 1 aliphatic rings. The third-order valence-corrected chi connectivity index (χ3v) is 4.02. The first-order valence-electron chi connectivity index (χ1n) is 6.50. The number of anilines is 1. The summed E-state index contributed by atoms with van der Waals surface area (Å²) in [5.41, 5.74) is 3.63. The van der Waals surface area contributed by atoms with E-state index in [1.165, 1.54) is 30.0 Å². The maximum absolute atomic E-state index is 13.1. The van der Waals surface area contributed by atoms with Crippen LogP contribution in [-0.4, -0.2) is 0 Å². The van der Waals surface area contributed by atoms with Gasteiger partial charge in [-0.2, -0.15) is 0 Å². The molecular weight excluding hydrogens is 305 g/mol. The second-order valence-corrected chi connectivity index (χ2v) is 5.86. The van der Waals surface area contributed by atoms with Crippen molar-refractivity contribution in [2.75, 3.05) is 5.32 Å². The summed E-state index contributed by atoms with van der Waals surface area (Å²) < 4.78 is 13.6. The molecule has 0 bridgehead atoms. The van der Waals surface area contributed by atoms with Crippen molar-refractivity contribution >= 4 is 21.6 Å². The van der Waals surface area contributed by atoms with Crippen molar-refractivity contribution in [2.45, 2.75) is 25.3 Å². The predicted octanol–water partition coefficient (Wildman–Crippen LogP) is 5.08. The van der Waals surface area contributed by atoms with Crippen molar-refractivity contribution in [1.82, 2.24) is 0 Å². The minimum Gasteiger partial charge on any atom is -0.381 e. The van der Waals surface area contributed by atoms with Crippen LogP contribution in [0.5, 0.6) is 0 Å². The molecule has 0 heterocycles. The topological polar surface area (TPSA) is 12.0 Å². The van der Waals surface area contributed by atoms with E-state index in [4.69, 9.17) is 0 Å². The van der Waals surface area contributed by atoms with E-state index in [0.717, 1.165) is 18.2 Å². The third-order valence-electron chi connectivity index (χ3n) is 3.42. The van der Waals surface area contributed by atoms with Crippen LogP contribution in [0.3, 0.4) is 0 Å². The first-order valence-corrected chi connectivity index (χ1v) is 7.29. The Kier molecular flexibility index (Phi) is 3.56. The smallest absolute Gasteiger partial charge is 0.137 e. The molecule has 1 nitrogen and oxygen atoms in total. The van der Waals surface area contributed by atoms with Crippen molar-refractivity contribution in [3.8, 4) is 0 Å². The number of hydrogen-bond donors (Lipinski definition) is 1. The van der Waals surface area contributed by atoms with E-state index in [1.54, 1.807) is 12.1 Å². The Bertz CT molecular complexity index is 593. The molecule has 1 aliphatic carbocycles. The lowest BCUT2D eigenvalue weighted by molar-refractivity contribution is 0.621. The van der Waals surface area contributed by atoms with Gasteiger partial charge in [0.1, 0.15) is 5.82 Å². The average molecular weight is 320 g/mol. The van der Waals surface area contributed by atoms with Gasteiger partial charge in [0.05, 0.1) is 4.47 Å². The standard InChI is InChI=1S/C16H15BrFN/c17-15-9-14(6-7-16(15)18)19-10-11-2-1-3-13(8-11)12-4-5-12/h1-3,6-9,12,19H,4-5,10H2. The molecule has 0 radical (unpaired) electrons. The summed E-state index contributed by atoms with van der Waals surface area (Å²) in [6.45, 7) is 0.763. The van der Waals surface area contributed by atoms with E-state index in [9.17, 15) is 4.39 Å². The molecule has 0 unspecified atom stereocenters. The molecule has 3 heteroatoms. The highest BCUT2D eigenvalue weighted by molar-refractivity contribution is 9.10. The fraction of sp³-hybridized carbons (Fsp3) is 0.250. The number of hydrogen-bond acceptors (Lipinski definition) is 1. The highest BCUT2D eigenvalue weighted by Gasteiger charge is 2.23. The summed E-state index contributed by atoms with van der Waals surface area (Å²) in [6.07, 6.45) is 2.64. The van der Waals surface area contributed by atoms with Gasteiger partial charge in [0.25, 0.3) is 0 Å². The molecule has 0 atom stereocenters. The SMILES string of the molecule is Fc1ccc(NCc2cccc(C3CC3)c2)cc1Br. The maximum Gasteiger partial charge on any atom is 0.137 e. The molecule has 0 aliphatic heterocycles. The van der Waals surface area contributed by atoms with Gasteiger partial charge in [0, 0.05) is 12.2 Å². The number of benzene rings is 2. The van der Waals surface area contributed by atoms with Crippen molar-refractivity contribution in [1.29, 1.82) is 0 Å². The van der Waals surface area contributed by atoms with Gasteiger partial charge in [-0.05, 0) is 64.0 Å². The van der Waals surface area contributed by atoms with Crippen molar-refractivity contribution in [2.24, 2.45) is 0 Å². The molecule has 1 fully saturated rings. The Morgan fingerprint density at radius 2 is 2.00 bits per heavy atom. The van der Waals surface area contributed by atoms with Gasteiger partial charge < -0.3 is 5.32 Å². The second-order valence-electron chi connectivity index (χ2n) is 5.00. The van der Waals surface area contributed by atoms with Crippen LogP contribution in [0.4, 0.5) is 10.1 Å². The zero-order valence-corrected chi connectivity index (χ0v) is 12.1. The molecule has 0 saturated heterocycles. The van der Waals surface area contributed by atoms with Crippen LogP contribution >= 0.6 is 15.9 Å². The van der Waals surface area contributed by atoms with Gasteiger partial charge in [-0.25, -0.2) is 4.39 Å². The normalized spacial score (nSPS) is 14.4. The average Bonchev–Trinajstić information content (AvgIpc) is 3.25. The Morgan fingerprint density at radius 3 is 2.74 bits per heavy atom. The molecule has 0 aromatic heterocycles. The number of rotatable bonds is 4.